The van der Waals surface area contributed by atoms with E-state index in [0.717, 1.165) is 5.56 Å². The first kappa shape index (κ1) is 16.6. The first-order valence-electron chi connectivity index (χ1n) is 6.69. The molecule has 5 heteroatoms. The molecule has 1 aromatic carbocycles. The molecule has 0 saturated heterocycles. The van der Waals surface area contributed by atoms with Crippen molar-refractivity contribution in [3.05, 3.63) is 17.7 Å². The second-order valence-corrected chi connectivity index (χ2v) is 5.04. The van der Waals surface area contributed by atoms with E-state index in [1.165, 1.54) is 14.2 Å². The zero-order valence-corrected chi connectivity index (χ0v) is 12.9. The highest BCUT2D eigenvalue weighted by molar-refractivity contribution is 5.52. The topological polar surface area (TPSA) is 60.0 Å². The van der Waals surface area contributed by atoms with Crippen molar-refractivity contribution < 1.29 is 19.3 Å². The summed E-state index contributed by atoms with van der Waals surface area (Å²) in [4.78, 5) is 0. The molecule has 0 aliphatic heterocycles. The molecule has 20 heavy (non-hydrogen) atoms. The maximum atomic E-state index is 9.87. The zero-order chi connectivity index (χ0) is 15.1. The van der Waals surface area contributed by atoms with Crippen molar-refractivity contribution in [3.63, 3.8) is 0 Å². The zero-order valence-electron chi connectivity index (χ0n) is 12.9. The fourth-order valence-electron chi connectivity index (χ4n) is 1.97. The molecule has 1 aromatic rings. The lowest BCUT2D eigenvalue weighted by Gasteiger charge is -2.22. The molecule has 0 aliphatic carbocycles. The monoisotopic (exact) mass is 283 g/mol. The lowest BCUT2D eigenvalue weighted by molar-refractivity contribution is 0.146. The van der Waals surface area contributed by atoms with Gasteiger partial charge in [0, 0.05) is 19.7 Å². The van der Waals surface area contributed by atoms with Crippen LogP contribution in [0.2, 0.25) is 0 Å². The molecule has 0 aromatic heterocycles. The van der Waals surface area contributed by atoms with Crippen LogP contribution in [0.25, 0.3) is 0 Å². The Morgan fingerprint density at radius 3 is 2.05 bits per heavy atom. The SMILES string of the molecule is COCC(NCc1cc(OC)c(O)c(OC)c1)C(C)C. The third kappa shape index (κ3) is 4.28. The second-order valence-electron chi connectivity index (χ2n) is 5.04. The summed E-state index contributed by atoms with van der Waals surface area (Å²) in [5.41, 5.74) is 0.984. The highest BCUT2D eigenvalue weighted by Crippen LogP contribution is 2.37. The molecule has 0 aliphatic rings. The van der Waals surface area contributed by atoms with Gasteiger partial charge >= 0.3 is 0 Å². The number of phenolic OH excluding ortho intramolecular Hbond substituents is 1. The quantitative estimate of drug-likeness (QED) is 0.765. The Morgan fingerprint density at radius 1 is 1.10 bits per heavy atom. The molecule has 0 heterocycles. The molecule has 1 unspecified atom stereocenters. The lowest BCUT2D eigenvalue weighted by atomic mass is 10.0. The molecule has 0 radical (unpaired) electrons. The Hall–Kier alpha value is -1.46. The van der Waals surface area contributed by atoms with Gasteiger partial charge < -0.3 is 24.6 Å². The van der Waals surface area contributed by atoms with Crippen LogP contribution in [0.4, 0.5) is 0 Å². The molecule has 2 N–H and O–H groups in total. The van der Waals surface area contributed by atoms with E-state index in [-0.39, 0.29) is 11.8 Å². The van der Waals surface area contributed by atoms with Gasteiger partial charge in [-0.1, -0.05) is 13.8 Å². The summed E-state index contributed by atoms with van der Waals surface area (Å²) >= 11 is 0. The molecule has 114 valence electrons. The van der Waals surface area contributed by atoms with Crippen LogP contribution in [0.3, 0.4) is 0 Å². The number of hydrogen-bond donors (Lipinski definition) is 2. The van der Waals surface area contributed by atoms with E-state index in [2.05, 4.69) is 19.2 Å². The van der Waals surface area contributed by atoms with Crippen LogP contribution in [0.1, 0.15) is 19.4 Å². The van der Waals surface area contributed by atoms with E-state index in [0.29, 0.717) is 30.6 Å². The summed E-state index contributed by atoms with van der Waals surface area (Å²) in [6, 6.07) is 3.87. The number of aromatic hydroxyl groups is 1. The van der Waals surface area contributed by atoms with Crippen molar-refractivity contribution >= 4 is 0 Å². The van der Waals surface area contributed by atoms with Gasteiger partial charge in [0.15, 0.2) is 11.5 Å². The van der Waals surface area contributed by atoms with E-state index in [1.54, 1.807) is 19.2 Å². The molecule has 0 amide bonds. The summed E-state index contributed by atoms with van der Waals surface area (Å²) in [5, 5.41) is 13.3. The fraction of sp³-hybridized carbons (Fsp3) is 0.600. The number of phenols is 1. The Morgan fingerprint density at radius 2 is 1.65 bits per heavy atom. The predicted molar refractivity (Wildman–Crippen MR) is 78.6 cm³/mol. The first-order valence-corrected chi connectivity index (χ1v) is 6.69. The van der Waals surface area contributed by atoms with Crippen LogP contribution < -0.4 is 14.8 Å². The molecular weight excluding hydrogens is 258 g/mol. The number of rotatable bonds is 8. The summed E-state index contributed by atoms with van der Waals surface area (Å²) in [7, 11) is 4.74. The highest BCUT2D eigenvalue weighted by Gasteiger charge is 2.15. The van der Waals surface area contributed by atoms with Gasteiger partial charge in [-0.15, -0.1) is 0 Å². The van der Waals surface area contributed by atoms with Crippen molar-refractivity contribution in [1.29, 1.82) is 0 Å². The number of methoxy groups -OCH3 is 3. The largest absolute Gasteiger partial charge is 0.502 e. The van der Waals surface area contributed by atoms with Crippen LogP contribution in [-0.4, -0.2) is 39.1 Å². The maximum absolute atomic E-state index is 9.87. The Labute approximate surface area is 120 Å². The minimum atomic E-state index is 0.0241. The molecular formula is C15H25NO4. The normalized spacial score (nSPS) is 12.5. The Bertz CT molecular complexity index is 395. The lowest BCUT2D eigenvalue weighted by Crippen LogP contribution is -2.37. The number of hydrogen-bond acceptors (Lipinski definition) is 5. The molecule has 1 rings (SSSR count). The van der Waals surface area contributed by atoms with Gasteiger partial charge in [-0.05, 0) is 23.6 Å². The van der Waals surface area contributed by atoms with Crippen LogP contribution in [-0.2, 0) is 11.3 Å². The van der Waals surface area contributed by atoms with Gasteiger partial charge in [0.05, 0.1) is 20.8 Å². The van der Waals surface area contributed by atoms with Gasteiger partial charge in [-0.2, -0.15) is 0 Å². The van der Waals surface area contributed by atoms with E-state index in [9.17, 15) is 5.11 Å². The molecule has 0 fully saturated rings. The third-order valence-corrected chi connectivity index (χ3v) is 3.26. The maximum Gasteiger partial charge on any atom is 0.200 e. The van der Waals surface area contributed by atoms with Crippen LogP contribution in [0, 0.1) is 5.92 Å². The first-order chi connectivity index (χ1) is 9.53. The summed E-state index contributed by atoms with van der Waals surface area (Å²) in [6.07, 6.45) is 0. The van der Waals surface area contributed by atoms with Gasteiger partial charge in [-0.3, -0.25) is 0 Å². The van der Waals surface area contributed by atoms with Crippen molar-refractivity contribution in [2.45, 2.75) is 26.4 Å². The molecule has 0 bridgehead atoms. The van der Waals surface area contributed by atoms with Crippen LogP contribution in [0.5, 0.6) is 17.2 Å². The Kier molecular flexibility index (Phi) is 6.61. The average Bonchev–Trinajstić information content (AvgIpc) is 2.44. The van der Waals surface area contributed by atoms with Gasteiger partial charge in [-0.25, -0.2) is 0 Å². The van der Waals surface area contributed by atoms with Crippen LogP contribution >= 0.6 is 0 Å². The molecule has 0 spiro atoms. The molecule has 5 nitrogen and oxygen atoms in total. The van der Waals surface area contributed by atoms with E-state index in [4.69, 9.17) is 14.2 Å². The summed E-state index contributed by atoms with van der Waals surface area (Å²) in [5.74, 6) is 1.31. The van der Waals surface area contributed by atoms with Gasteiger partial charge in [0.1, 0.15) is 0 Å². The van der Waals surface area contributed by atoms with Crippen LogP contribution in [0.15, 0.2) is 12.1 Å². The van der Waals surface area contributed by atoms with Crippen molar-refractivity contribution in [2.75, 3.05) is 27.9 Å². The highest BCUT2D eigenvalue weighted by atomic mass is 16.5. The van der Waals surface area contributed by atoms with E-state index in [1.807, 2.05) is 0 Å². The second kappa shape index (κ2) is 7.97. The van der Waals surface area contributed by atoms with Gasteiger partial charge in [0.25, 0.3) is 0 Å². The number of benzene rings is 1. The Balaban J connectivity index is 2.81. The van der Waals surface area contributed by atoms with Crippen molar-refractivity contribution in [2.24, 2.45) is 5.92 Å². The molecule has 0 saturated carbocycles. The predicted octanol–water partition coefficient (Wildman–Crippen LogP) is 2.17. The molecule has 1 atom stereocenters. The smallest absolute Gasteiger partial charge is 0.200 e. The van der Waals surface area contributed by atoms with E-state index >= 15 is 0 Å². The van der Waals surface area contributed by atoms with E-state index < -0.39 is 0 Å². The van der Waals surface area contributed by atoms with Crippen molar-refractivity contribution in [3.8, 4) is 17.2 Å². The number of nitrogens with one attached hydrogen (secondary N) is 1. The third-order valence-electron chi connectivity index (χ3n) is 3.26. The summed E-state index contributed by atoms with van der Waals surface area (Å²) in [6.45, 7) is 5.60. The minimum Gasteiger partial charge on any atom is -0.502 e. The van der Waals surface area contributed by atoms with Gasteiger partial charge in [0.2, 0.25) is 5.75 Å². The average molecular weight is 283 g/mol. The minimum absolute atomic E-state index is 0.0241. The number of ether oxygens (including phenoxy) is 3. The standard InChI is InChI=1S/C15H25NO4/c1-10(2)12(9-18-3)16-8-11-6-13(19-4)15(17)14(7-11)20-5/h6-7,10,12,16-17H,8-9H2,1-5H3. The summed E-state index contributed by atoms with van der Waals surface area (Å²) < 4.78 is 15.5. The van der Waals surface area contributed by atoms with Crippen molar-refractivity contribution in [1.82, 2.24) is 5.32 Å². The fourth-order valence-corrected chi connectivity index (χ4v) is 1.97.